The van der Waals surface area contributed by atoms with Crippen LogP contribution >= 0.6 is 0 Å². The predicted octanol–water partition coefficient (Wildman–Crippen LogP) is 1.20. The Labute approximate surface area is 226 Å². The number of hydrogen-bond acceptors (Lipinski definition) is 6. The van der Waals surface area contributed by atoms with Crippen LogP contribution in [0.4, 0.5) is 4.79 Å². The molecule has 2 N–H and O–H groups in total. The van der Waals surface area contributed by atoms with E-state index in [2.05, 4.69) is 27.4 Å². The smallest absolute Gasteiger partial charge is 0.323 e. The van der Waals surface area contributed by atoms with Gasteiger partial charge < -0.3 is 19.9 Å². The summed E-state index contributed by atoms with van der Waals surface area (Å²) in [6.07, 6.45) is 2.53. The quantitative estimate of drug-likeness (QED) is 0.447. The highest BCUT2D eigenvalue weighted by molar-refractivity contribution is 6.10. The number of nitrogens with zero attached hydrogens (tertiary/aromatic N) is 3. The van der Waals surface area contributed by atoms with E-state index in [1.165, 1.54) is 24.9 Å². The molecule has 0 unspecified atom stereocenters. The first-order chi connectivity index (χ1) is 18.8. The lowest BCUT2D eigenvalue weighted by Crippen LogP contribution is -2.54. The second-order valence-corrected chi connectivity index (χ2v) is 10.4. The van der Waals surface area contributed by atoms with Crippen molar-refractivity contribution in [3.05, 3.63) is 64.7 Å². The molecule has 1 aliphatic carbocycles. The Balaban J connectivity index is 1.17. The Kier molecular flexibility index (Phi) is 6.23. The summed E-state index contributed by atoms with van der Waals surface area (Å²) >= 11 is 0. The molecule has 2 aromatic rings. The predicted molar refractivity (Wildman–Crippen MR) is 141 cm³/mol. The van der Waals surface area contributed by atoms with Crippen molar-refractivity contribution < 1.29 is 23.9 Å². The second-order valence-electron chi connectivity index (χ2n) is 10.4. The van der Waals surface area contributed by atoms with Gasteiger partial charge in [-0.25, -0.2) is 4.79 Å². The highest BCUT2D eigenvalue weighted by Crippen LogP contribution is 2.29. The molecular formula is C29H29N5O5. The Morgan fingerprint density at radius 1 is 1.05 bits per heavy atom. The van der Waals surface area contributed by atoms with Crippen molar-refractivity contribution in [2.24, 2.45) is 0 Å². The minimum atomic E-state index is -1.60. The molecule has 0 aromatic heterocycles. The topological polar surface area (TPSA) is 111 Å². The van der Waals surface area contributed by atoms with Crippen LogP contribution < -0.4 is 15.4 Å². The Morgan fingerprint density at radius 2 is 1.79 bits per heavy atom. The summed E-state index contributed by atoms with van der Waals surface area (Å²) in [6.45, 7) is 3.44. The number of carbonyl (C=O) groups excluding carboxylic acids is 4. The van der Waals surface area contributed by atoms with E-state index in [1.54, 1.807) is 36.4 Å². The molecule has 1 saturated carbocycles. The molecule has 4 aliphatic rings. The normalized spacial score (nSPS) is 22.6. The van der Waals surface area contributed by atoms with Gasteiger partial charge in [0.2, 0.25) is 5.54 Å². The van der Waals surface area contributed by atoms with Crippen molar-refractivity contribution in [1.82, 2.24) is 25.3 Å². The van der Waals surface area contributed by atoms with E-state index in [9.17, 15) is 19.2 Å². The zero-order valence-electron chi connectivity index (χ0n) is 21.7. The van der Waals surface area contributed by atoms with Crippen molar-refractivity contribution in [1.29, 1.82) is 0 Å². The van der Waals surface area contributed by atoms with Crippen LogP contribution in [0.25, 0.3) is 0 Å². The van der Waals surface area contributed by atoms with Crippen LogP contribution in [0.1, 0.15) is 44.7 Å². The largest absolute Gasteiger partial charge is 0.497 e. The number of imide groups is 1. The lowest BCUT2D eigenvalue weighted by Gasteiger charge is -2.34. The summed E-state index contributed by atoms with van der Waals surface area (Å²) in [5, 5.41) is 4.86. The third kappa shape index (κ3) is 4.81. The van der Waals surface area contributed by atoms with Crippen LogP contribution in [0.2, 0.25) is 0 Å². The van der Waals surface area contributed by atoms with Crippen molar-refractivity contribution in [2.75, 3.05) is 39.8 Å². The maximum atomic E-state index is 13.1. The van der Waals surface area contributed by atoms with Gasteiger partial charge in [-0.05, 0) is 54.8 Å². The number of fused-ring (bicyclic) bond motifs is 1. The molecule has 3 fully saturated rings. The lowest BCUT2D eigenvalue weighted by molar-refractivity contribution is -0.122. The summed E-state index contributed by atoms with van der Waals surface area (Å²) in [5.74, 6) is 5.55. The van der Waals surface area contributed by atoms with Gasteiger partial charge in [0.25, 0.3) is 17.7 Å². The minimum absolute atomic E-state index is 0.00685. The Bertz CT molecular complexity index is 1420. The van der Waals surface area contributed by atoms with Crippen LogP contribution in [-0.4, -0.2) is 89.9 Å². The van der Waals surface area contributed by atoms with E-state index in [1.807, 2.05) is 11.0 Å². The summed E-state index contributed by atoms with van der Waals surface area (Å²) < 4.78 is 5.23. The number of benzene rings is 2. The Morgan fingerprint density at radius 3 is 2.44 bits per heavy atom. The monoisotopic (exact) mass is 527 g/mol. The first kappa shape index (κ1) is 24.9. The number of nitrogens with one attached hydrogen (secondary N) is 2. The molecule has 0 spiro atoms. The molecule has 0 radical (unpaired) electrons. The van der Waals surface area contributed by atoms with Gasteiger partial charge in [-0.3, -0.25) is 24.6 Å². The fourth-order valence-corrected chi connectivity index (χ4v) is 5.40. The molecule has 0 bridgehead atoms. The van der Waals surface area contributed by atoms with Gasteiger partial charge in [0.1, 0.15) is 5.75 Å². The highest BCUT2D eigenvalue weighted by atomic mass is 16.5. The third-order valence-corrected chi connectivity index (χ3v) is 7.78. The van der Waals surface area contributed by atoms with Crippen molar-refractivity contribution in [3.63, 3.8) is 0 Å². The van der Waals surface area contributed by atoms with Crippen LogP contribution in [0.15, 0.2) is 42.5 Å². The molecule has 200 valence electrons. The van der Waals surface area contributed by atoms with E-state index < -0.39 is 17.5 Å². The maximum absolute atomic E-state index is 13.1. The number of urea groups is 1. The maximum Gasteiger partial charge on any atom is 0.323 e. The van der Waals surface area contributed by atoms with Crippen LogP contribution in [0.3, 0.4) is 0 Å². The number of piperazine rings is 1. The number of rotatable bonds is 5. The first-order valence-electron chi connectivity index (χ1n) is 13.1. The number of methoxy groups -OCH3 is 1. The first-order valence-corrected chi connectivity index (χ1v) is 13.1. The molecular weight excluding hydrogens is 498 g/mol. The van der Waals surface area contributed by atoms with Crippen LogP contribution in [0.5, 0.6) is 5.75 Å². The fraction of sp³-hybridized carbons (Fsp3) is 0.379. The van der Waals surface area contributed by atoms with Gasteiger partial charge in [0.15, 0.2) is 0 Å². The molecule has 5 amide bonds. The number of hydrogen-bond donors (Lipinski definition) is 2. The second kappa shape index (κ2) is 9.75. The van der Waals surface area contributed by atoms with Gasteiger partial charge >= 0.3 is 6.03 Å². The molecule has 6 rings (SSSR count). The molecule has 1 atom stereocenters. The SMILES string of the molecule is COc1ccc2c(c1)C(=O)N(C[C@@]1(C#Cc3ccc(C(=O)N4CCN(C5CC5)CC4)cc3)NC(=O)NC1=O)C2. The van der Waals surface area contributed by atoms with Gasteiger partial charge in [-0.15, -0.1) is 0 Å². The van der Waals surface area contributed by atoms with E-state index in [0.29, 0.717) is 28.5 Å². The van der Waals surface area contributed by atoms with Gasteiger partial charge in [0.05, 0.1) is 13.7 Å². The van der Waals surface area contributed by atoms with E-state index in [4.69, 9.17) is 4.74 Å². The van der Waals surface area contributed by atoms with Crippen LogP contribution in [-0.2, 0) is 11.3 Å². The molecule has 39 heavy (non-hydrogen) atoms. The average Bonchev–Trinajstić information content (AvgIpc) is 3.71. The fourth-order valence-electron chi connectivity index (χ4n) is 5.40. The highest BCUT2D eigenvalue weighted by Gasteiger charge is 2.48. The van der Waals surface area contributed by atoms with Gasteiger partial charge in [-0.1, -0.05) is 17.9 Å². The number of ether oxygens (including phenoxy) is 1. The molecule has 2 aromatic carbocycles. The van der Waals surface area contributed by atoms with E-state index >= 15 is 0 Å². The van der Waals surface area contributed by atoms with Gasteiger partial charge in [0, 0.05) is 55.5 Å². The Hall–Kier alpha value is -4.36. The van der Waals surface area contributed by atoms with Gasteiger partial charge in [-0.2, -0.15) is 0 Å². The summed E-state index contributed by atoms with van der Waals surface area (Å²) in [4.78, 5) is 56.9. The molecule has 10 nitrogen and oxygen atoms in total. The minimum Gasteiger partial charge on any atom is -0.497 e. The number of amides is 5. The van der Waals surface area contributed by atoms with E-state index in [0.717, 1.165) is 31.7 Å². The molecule has 3 aliphatic heterocycles. The molecule has 3 heterocycles. The van der Waals surface area contributed by atoms with Crippen molar-refractivity contribution in [2.45, 2.75) is 31.0 Å². The average molecular weight is 528 g/mol. The standard InChI is InChI=1S/C29H29N5O5/c1-39-23-9-6-21-17-34(26(36)24(21)16-23)18-29(27(37)30-28(38)31-29)11-10-19-2-4-20(5-3-19)25(35)33-14-12-32(13-15-33)22-7-8-22/h2-6,9,16,22H,7-8,12-15,17-18H2,1H3,(H2,30,31,37,38)/t29-/m1/s1. The summed E-state index contributed by atoms with van der Waals surface area (Å²) in [6, 6.07) is 12.2. The van der Waals surface area contributed by atoms with E-state index in [-0.39, 0.29) is 24.9 Å². The van der Waals surface area contributed by atoms with Crippen molar-refractivity contribution in [3.8, 4) is 17.6 Å². The van der Waals surface area contributed by atoms with Crippen LogP contribution in [0, 0.1) is 11.8 Å². The molecule has 2 saturated heterocycles. The molecule has 10 heteroatoms. The lowest BCUT2D eigenvalue weighted by atomic mass is 9.99. The summed E-state index contributed by atoms with van der Waals surface area (Å²) in [7, 11) is 1.53. The summed E-state index contributed by atoms with van der Waals surface area (Å²) in [5.41, 5.74) is 0.866. The zero-order valence-corrected chi connectivity index (χ0v) is 21.7. The third-order valence-electron chi connectivity index (χ3n) is 7.78. The van der Waals surface area contributed by atoms with Crippen molar-refractivity contribution >= 4 is 23.8 Å². The number of carbonyl (C=O) groups is 4. The zero-order chi connectivity index (χ0) is 27.1.